The normalized spacial score (nSPS) is 10.9. The van der Waals surface area contributed by atoms with Crippen molar-refractivity contribution in [2.24, 2.45) is 0 Å². The van der Waals surface area contributed by atoms with Crippen LogP contribution in [0.5, 0.6) is 0 Å². The van der Waals surface area contributed by atoms with Crippen molar-refractivity contribution in [3.63, 3.8) is 0 Å². The van der Waals surface area contributed by atoms with Gasteiger partial charge >= 0.3 is 0 Å². The molecule has 0 saturated carbocycles. The van der Waals surface area contributed by atoms with Gasteiger partial charge < -0.3 is 0 Å². The second kappa shape index (κ2) is 7.55. The van der Waals surface area contributed by atoms with E-state index in [4.69, 9.17) is 10.1 Å². The molecular formula is C27H20N4. The first kappa shape index (κ1) is 18.8. The van der Waals surface area contributed by atoms with Crippen molar-refractivity contribution in [3.05, 3.63) is 102 Å². The third-order valence-electron chi connectivity index (χ3n) is 5.43. The van der Waals surface area contributed by atoms with Crippen LogP contribution in [0.3, 0.4) is 0 Å². The quantitative estimate of drug-likeness (QED) is 0.360. The molecule has 4 heteroatoms. The monoisotopic (exact) mass is 400 g/mol. The fraction of sp³-hybridized carbons (Fsp3) is 0.0741. The Kier molecular flexibility index (Phi) is 4.57. The van der Waals surface area contributed by atoms with Crippen LogP contribution in [-0.4, -0.2) is 14.8 Å². The maximum atomic E-state index is 9.90. The first-order valence-corrected chi connectivity index (χ1v) is 10.2. The van der Waals surface area contributed by atoms with E-state index in [1.165, 1.54) is 11.1 Å². The number of hydrogen-bond acceptors (Lipinski definition) is 3. The predicted octanol–water partition coefficient (Wildman–Crippen LogP) is 6.24. The summed E-state index contributed by atoms with van der Waals surface area (Å²) in [6.07, 6.45) is 0. The average Bonchev–Trinajstić information content (AvgIpc) is 3.18. The lowest BCUT2D eigenvalue weighted by atomic mass is 10.0. The minimum absolute atomic E-state index is 0.539. The minimum Gasteiger partial charge on any atom is -0.227 e. The molecule has 0 fully saturated rings. The minimum atomic E-state index is 0.539. The lowest BCUT2D eigenvalue weighted by Gasteiger charge is -2.07. The number of fused-ring (bicyclic) bond motifs is 1. The molecule has 0 aliphatic carbocycles. The molecule has 0 N–H and O–H groups in total. The van der Waals surface area contributed by atoms with Crippen LogP contribution in [-0.2, 0) is 0 Å². The Hall–Kier alpha value is -4.23. The van der Waals surface area contributed by atoms with Crippen LogP contribution in [0.15, 0.2) is 84.9 Å². The predicted molar refractivity (Wildman–Crippen MR) is 124 cm³/mol. The van der Waals surface area contributed by atoms with E-state index in [9.17, 15) is 5.26 Å². The summed E-state index contributed by atoms with van der Waals surface area (Å²) in [5, 5.41) is 15.7. The Morgan fingerprint density at radius 3 is 1.90 bits per heavy atom. The van der Waals surface area contributed by atoms with E-state index < -0.39 is 0 Å². The van der Waals surface area contributed by atoms with E-state index in [2.05, 4.69) is 37.3 Å². The molecule has 148 valence electrons. The molecular weight excluding hydrogens is 380 g/mol. The summed E-state index contributed by atoms with van der Waals surface area (Å²) < 4.78 is 1.86. The first-order chi connectivity index (χ1) is 15.1. The van der Waals surface area contributed by atoms with E-state index in [1.54, 1.807) is 0 Å². The fourth-order valence-electron chi connectivity index (χ4n) is 3.73. The lowest BCUT2D eigenvalue weighted by molar-refractivity contribution is 0.901. The van der Waals surface area contributed by atoms with Crippen molar-refractivity contribution in [2.45, 2.75) is 13.8 Å². The molecule has 0 saturated heterocycles. The van der Waals surface area contributed by atoms with Gasteiger partial charge in [-0.25, -0.2) is 9.67 Å². The van der Waals surface area contributed by atoms with Gasteiger partial charge in [0.25, 0.3) is 0 Å². The molecule has 0 spiro atoms. The van der Waals surface area contributed by atoms with Gasteiger partial charge in [-0.15, -0.1) is 0 Å². The van der Waals surface area contributed by atoms with Crippen LogP contribution in [0.25, 0.3) is 39.2 Å². The Balaban J connectivity index is 1.83. The average molecular weight is 400 g/mol. The molecule has 4 nitrogen and oxygen atoms in total. The molecule has 0 aliphatic rings. The number of benzene rings is 3. The molecule has 5 rings (SSSR count). The molecule has 0 radical (unpaired) electrons. The Morgan fingerprint density at radius 1 is 0.742 bits per heavy atom. The standard InChI is InChI=1S/C27H20N4/c1-18-8-12-20(13-9-18)25-22(17-28)16-24-26(21-14-10-19(2)11-15-21)30-31(27(24)29-25)23-6-4-3-5-7-23/h3-16H,1-2H3. The Labute approximate surface area is 181 Å². The van der Waals surface area contributed by atoms with Crippen molar-refractivity contribution in [1.29, 1.82) is 5.26 Å². The number of rotatable bonds is 3. The highest BCUT2D eigenvalue weighted by Crippen LogP contribution is 2.33. The summed E-state index contributed by atoms with van der Waals surface area (Å²) in [5.74, 6) is 0. The highest BCUT2D eigenvalue weighted by Gasteiger charge is 2.19. The topological polar surface area (TPSA) is 54.5 Å². The van der Waals surface area contributed by atoms with Crippen molar-refractivity contribution in [2.75, 3.05) is 0 Å². The van der Waals surface area contributed by atoms with Gasteiger partial charge in [0.2, 0.25) is 0 Å². The van der Waals surface area contributed by atoms with E-state index in [0.29, 0.717) is 11.3 Å². The van der Waals surface area contributed by atoms with E-state index in [-0.39, 0.29) is 0 Å². The molecule has 0 amide bonds. The highest BCUT2D eigenvalue weighted by atomic mass is 15.3. The van der Waals surface area contributed by atoms with Crippen LogP contribution < -0.4 is 0 Å². The van der Waals surface area contributed by atoms with Crippen molar-refractivity contribution in [3.8, 4) is 34.3 Å². The smallest absolute Gasteiger partial charge is 0.164 e. The number of nitrogens with zero attached hydrogens (tertiary/aromatic N) is 4. The maximum Gasteiger partial charge on any atom is 0.164 e. The molecule has 0 aliphatic heterocycles. The molecule has 0 unspecified atom stereocenters. The van der Waals surface area contributed by atoms with Gasteiger partial charge in [-0.3, -0.25) is 0 Å². The van der Waals surface area contributed by atoms with Crippen LogP contribution in [0.2, 0.25) is 0 Å². The Bertz CT molecular complexity index is 1420. The highest BCUT2D eigenvalue weighted by molar-refractivity contribution is 5.95. The zero-order valence-electron chi connectivity index (χ0n) is 17.4. The van der Waals surface area contributed by atoms with Crippen molar-refractivity contribution in [1.82, 2.24) is 14.8 Å². The molecule has 31 heavy (non-hydrogen) atoms. The summed E-state index contributed by atoms with van der Waals surface area (Å²) in [6, 6.07) is 30.6. The van der Waals surface area contributed by atoms with E-state index in [1.807, 2.05) is 72.3 Å². The molecule has 2 heterocycles. The summed E-state index contributed by atoms with van der Waals surface area (Å²) in [6.45, 7) is 4.11. The zero-order chi connectivity index (χ0) is 21.4. The molecule has 5 aromatic rings. The molecule has 0 atom stereocenters. The van der Waals surface area contributed by atoms with E-state index >= 15 is 0 Å². The van der Waals surface area contributed by atoms with Crippen LogP contribution in [0.4, 0.5) is 0 Å². The van der Waals surface area contributed by atoms with Gasteiger partial charge in [0.15, 0.2) is 5.65 Å². The first-order valence-electron chi connectivity index (χ1n) is 10.2. The fourth-order valence-corrected chi connectivity index (χ4v) is 3.73. The SMILES string of the molecule is Cc1ccc(-c2nc3c(cc2C#N)c(-c2ccc(C)cc2)nn3-c2ccccc2)cc1. The number of hydrogen-bond donors (Lipinski definition) is 0. The third kappa shape index (κ3) is 3.37. The van der Waals surface area contributed by atoms with Crippen LogP contribution in [0, 0.1) is 25.2 Å². The molecule has 3 aromatic carbocycles. The van der Waals surface area contributed by atoms with Gasteiger partial charge in [-0.05, 0) is 32.0 Å². The van der Waals surface area contributed by atoms with Gasteiger partial charge in [0, 0.05) is 16.5 Å². The number of aryl methyl sites for hydroxylation is 2. The van der Waals surface area contributed by atoms with Crippen LogP contribution >= 0.6 is 0 Å². The van der Waals surface area contributed by atoms with Gasteiger partial charge in [0.1, 0.15) is 11.8 Å². The van der Waals surface area contributed by atoms with Crippen LogP contribution in [0.1, 0.15) is 16.7 Å². The van der Waals surface area contributed by atoms with Crippen molar-refractivity contribution >= 4 is 11.0 Å². The maximum absolute atomic E-state index is 9.90. The Morgan fingerprint density at radius 2 is 1.32 bits per heavy atom. The lowest BCUT2D eigenvalue weighted by Crippen LogP contribution is -1.99. The molecule has 2 aromatic heterocycles. The second-order valence-corrected chi connectivity index (χ2v) is 7.70. The molecule has 0 bridgehead atoms. The number of para-hydroxylation sites is 1. The van der Waals surface area contributed by atoms with Gasteiger partial charge in [-0.1, -0.05) is 77.9 Å². The number of pyridine rings is 1. The third-order valence-corrected chi connectivity index (χ3v) is 5.43. The largest absolute Gasteiger partial charge is 0.227 e. The second-order valence-electron chi connectivity index (χ2n) is 7.70. The summed E-state index contributed by atoms with van der Waals surface area (Å²) >= 11 is 0. The summed E-state index contributed by atoms with van der Waals surface area (Å²) in [5.41, 5.74) is 7.96. The van der Waals surface area contributed by atoms with Gasteiger partial charge in [-0.2, -0.15) is 10.4 Å². The number of aromatic nitrogens is 3. The van der Waals surface area contributed by atoms with Crippen molar-refractivity contribution < 1.29 is 0 Å². The number of nitriles is 1. The summed E-state index contributed by atoms with van der Waals surface area (Å²) in [4.78, 5) is 4.96. The summed E-state index contributed by atoms with van der Waals surface area (Å²) in [7, 11) is 0. The van der Waals surface area contributed by atoms with E-state index in [0.717, 1.165) is 33.5 Å². The van der Waals surface area contributed by atoms with Gasteiger partial charge in [0.05, 0.1) is 16.9 Å². The zero-order valence-corrected chi connectivity index (χ0v) is 17.4.